The number of rotatable bonds is 6. The molecule has 1 N–H and O–H groups in total. The van der Waals surface area contributed by atoms with Gasteiger partial charge in [-0.2, -0.15) is 0 Å². The Morgan fingerprint density at radius 1 is 1.38 bits per heavy atom. The maximum Gasteiger partial charge on any atom is 0.292 e. The molecule has 0 bridgehead atoms. The van der Waals surface area contributed by atoms with Crippen LogP contribution in [0.4, 0.5) is 11.4 Å². The van der Waals surface area contributed by atoms with Crippen molar-refractivity contribution in [1.29, 1.82) is 0 Å². The molecular formula is C17H26N4O3. The van der Waals surface area contributed by atoms with Gasteiger partial charge < -0.3 is 15.1 Å². The van der Waals surface area contributed by atoms with Crippen LogP contribution < -0.4 is 10.2 Å². The minimum Gasteiger partial charge on any atom is -0.366 e. The first kappa shape index (κ1) is 18.2. The standard InChI is InChI=1S/C17H26N4O3/c1-13-4-5-15(16(12-13)21(23)24)20-9-6-14(7-10-20)17(22)18-8-11-19(2)3/h4-5,12,14H,6-11H2,1-3H3,(H,18,22). The Morgan fingerprint density at radius 2 is 2.04 bits per heavy atom. The Balaban J connectivity index is 1.93. The fourth-order valence-corrected chi connectivity index (χ4v) is 2.98. The van der Waals surface area contributed by atoms with Gasteiger partial charge >= 0.3 is 0 Å². The molecular weight excluding hydrogens is 308 g/mol. The predicted molar refractivity (Wildman–Crippen MR) is 94.3 cm³/mol. The highest BCUT2D eigenvalue weighted by atomic mass is 16.6. The molecule has 1 fully saturated rings. The third-order valence-electron chi connectivity index (χ3n) is 4.39. The normalized spacial score (nSPS) is 15.6. The zero-order chi connectivity index (χ0) is 17.7. The fraction of sp³-hybridized carbons (Fsp3) is 0.588. The quantitative estimate of drug-likeness (QED) is 0.634. The number of likely N-dealkylation sites (N-methyl/N-ethyl adjacent to an activating group) is 1. The number of benzene rings is 1. The van der Waals surface area contributed by atoms with Crippen LogP contribution in [0.15, 0.2) is 18.2 Å². The van der Waals surface area contributed by atoms with E-state index in [1.54, 1.807) is 6.07 Å². The van der Waals surface area contributed by atoms with E-state index in [4.69, 9.17) is 0 Å². The van der Waals surface area contributed by atoms with Gasteiger partial charge in [-0.1, -0.05) is 6.07 Å². The molecule has 7 nitrogen and oxygen atoms in total. The Bertz CT molecular complexity index is 595. The van der Waals surface area contributed by atoms with Crippen molar-refractivity contribution in [1.82, 2.24) is 10.2 Å². The number of carbonyl (C=O) groups excluding carboxylic acids is 1. The van der Waals surface area contributed by atoms with E-state index in [1.807, 2.05) is 43.0 Å². The Hall–Kier alpha value is -2.15. The number of hydrogen-bond acceptors (Lipinski definition) is 5. The van der Waals surface area contributed by atoms with Gasteiger partial charge in [0.2, 0.25) is 5.91 Å². The number of nitro benzene ring substituents is 1. The molecule has 7 heteroatoms. The lowest BCUT2D eigenvalue weighted by molar-refractivity contribution is -0.384. The molecule has 24 heavy (non-hydrogen) atoms. The largest absolute Gasteiger partial charge is 0.366 e. The lowest BCUT2D eigenvalue weighted by Crippen LogP contribution is -2.42. The van der Waals surface area contributed by atoms with E-state index >= 15 is 0 Å². The number of nitrogens with zero attached hydrogens (tertiary/aromatic N) is 3. The van der Waals surface area contributed by atoms with Crippen molar-refractivity contribution in [3.8, 4) is 0 Å². The maximum atomic E-state index is 12.2. The third kappa shape index (κ3) is 4.67. The molecule has 0 aromatic heterocycles. The second kappa shape index (κ2) is 8.10. The summed E-state index contributed by atoms with van der Waals surface area (Å²) in [5.74, 6) is 0.0859. The summed E-state index contributed by atoms with van der Waals surface area (Å²) in [5.41, 5.74) is 1.67. The Labute approximate surface area is 142 Å². The zero-order valence-electron chi connectivity index (χ0n) is 14.6. The summed E-state index contributed by atoms with van der Waals surface area (Å²) in [7, 11) is 3.94. The summed E-state index contributed by atoms with van der Waals surface area (Å²) in [6, 6.07) is 5.31. The van der Waals surface area contributed by atoms with Crippen molar-refractivity contribution in [3.63, 3.8) is 0 Å². The minimum atomic E-state index is -0.331. The van der Waals surface area contributed by atoms with Gasteiger partial charge in [0.05, 0.1) is 4.92 Å². The molecule has 1 saturated heterocycles. The van der Waals surface area contributed by atoms with Crippen LogP contribution in [-0.4, -0.2) is 56.0 Å². The number of aryl methyl sites for hydroxylation is 1. The van der Waals surface area contributed by atoms with Gasteiger partial charge in [-0.15, -0.1) is 0 Å². The number of nitro groups is 1. The fourth-order valence-electron chi connectivity index (χ4n) is 2.98. The molecule has 0 radical (unpaired) electrons. The minimum absolute atomic E-state index is 0.00656. The number of piperidine rings is 1. The van der Waals surface area contributed by atoms with Gasteiger partial charge in [-0.05, 0) is 45.5 Å². The predicted octanol–water partition coefficient (Wildman–Crippen LogP) is 1.80. The van der Waals surface area contributed by atoms with Gasteiger partial charge in [0.1, 0.15) is 5.69 Å². The van der Waals surface area contributed by atoms with Crippen LogP contribution in [0.5, 0.6) is 0 Å². The van der Waals surface area contributed by atoms with Crippen molar-refractivity contribution >= 4 is 17.3 Å². The van der Waals surface area contributed by atoms with E-state index in [2.05, 4.69) is 5.32 Å². The van der Waals surface area contributed by atoms with Crippen LogP contribution in [0.2, 0.25) is 0 Å². The summed E-state index contributed by atoms with van der Waals surface area (Å²) in [5, 5.41) is 14.2. The average Bonchev–Trinajstić information content (AvgIpc) is 2.54. The topological polar surface area (TPSA) is 78.7 Å². The monoisotopic (exact) mass is 334 g/mol. The van der Waals surface area contributed by atoms with Crippen LogP contribution >= 0.6 is 0 Å². The molecule has 0 unspecified atom stereocenters. The molecule has 1 amide bonds. The van der Waals surface area contributed by atoms with Gasteiger partial charge in [0.15, 0.2) is 0 Å². The van der Waals surface area contributed by atoms with Gasteiger partial charge in [0.25, 0.3) is 5.69 Å². The zero-order valence-corrected chi connectivity index (χ0v) is 14.6. The molecule has 0 atom stereocenters. The van der Waals surface area contributed by atoms with Crippen LogP contribution in [0.3, 0.4) is 0 Å². The Morgan fingerprint density at radius 3 is 2.62 bits per heavy atom. The first-order chi connectivity index (χ1) is 11.4. The van der Waals surface area contributed by atoms with Gasteiger partial charge in [0, 0.05) is 38.2 Å². The highest BCUT2D eigenvalue weighted by molar-refractivity contribution is 5.79. The lowest BCUT2D eigenvalue weighted by Gasteiger charge is -2.32. The molecule has 1 heterocycles. The van der Waals surface area contributed by atoms with E-state index in [9.17, 15) is 14.9 Å². The van der Waals surface area contributed by atoms with Crippen molar-refractivity contribution in [3.05, 3.63) is 33.9 Å². The number of nitrogens with one attached hydrogen (secondary N) is 1. The summed E-state index contributed by atoms with van der Waals surface area (Å²) >= 11 is 0. The third-order valence-corrected chi connectivity index (χ3v) is 4.39. The highest BCUT2D eigenvalue weighted by Gasteiger charge is 2.28. The van der Waals surface area contributed by atoms with E-state index in [-0.39, 0.29) is 22.4 Å². The number of hydrogen-bond donors (Lipinski definition) is 1. The first-order valence-corrected chi connectivity index (χ1v) is 8.31. The van der Waals surface area contributed by atoms with Crippen LogP contribution in [0.25, 0.3) is 0 Å². The SMILES string of the molecule is Cc1ccc(N2CCC(C(=O)NCCN(C)C)CC2)c([N+](=O)[O-])c1. The van der Waals surface area contributed by atoms with E-state index in [0.29, 0.717) is 25.3 Å². The molecule has 1 aromatic carbocycles. The molecule has 132 valence electrons. The van der Waals surface area contributed by atoms with Crippen molar-refractivity contribution < 1.29 is 9.72 Å². The molecule has 0 spiro atoms. The van der Waals surface area contributed by atoms with Crippen molar-refractivity contribution in [2.75, 3.05) is 45.2 Å². The van der Waals surface area contributed by atoms with Gasteiger partial charge in [-0.25, -0.2) is 0 Å². The smallest absolute Gasteiger partial charge is 0.292 e. The highest BCUT2D eigenvalue weighted by Crippen LogP contribution is 2.32. The van der Waals surface area contributed by atoms with Crippen LogP contribution in [-0.2, 0) is 4.79 Å². The van der Waals surface area contributed by atoms with Crippen LogP contribution in [0, 0.1) is 23.0 Å². The molecule has 0 saturated carbocycles. The summed E-state index contributed by atoms with van der Waals surface area (Å²) < 4.78 is 0. The number of carbonyl (C=O) groups is 1. The second-order valence-corrected chi connectivity index (χ2v) is 6.60. The summed E-state index contributed by atoms with van der Waals surface area (Å²) in [6.45, 7) is 4.64. The number of amides is 1. The average molecular weight is 334 g/mol. The van der Waals surface area contributed by atoms with Gasteiger partial charge in [-0.3, -0.25) is 14.9 Å². The van der Waals surface area contributed by atoms with E-state index in [1.165, 1.54) is 0 Å². The summed E-state index contributed by atoms with van der Waals surface area (Å²) in [4.78, 5) is 27.2. The van der Waals surface area contributed by atoms with E-state index < -0.39 is 0 Å². The molecule has 2 rings (SSSR count). The van der Waals surface area contributed by atoms with Crippen molar-refractivity contribution in [2.45, 2.75) is 19.8 Å². The maximum absolute atomic E-state index is 12.2. The first-order valence-electron chi connectivity index (χ1n) is 8.31. The number of anilines is 1. The van der Waals surface area contributed by atoms with E-state index in [0.717, 1.165) is 24.9 Å². The van der Waals surface area contributed by atoms with Crippen molar-refractivity contribution in [2.24, 2.45) is 5.92 Å². The lowest BCUT2D eigenvalue weighted by atomic mass is 9.95. The van der Waals surface area contributed by atoms with Crippen LogP contribution in [0.1, 0.15) is 18.4 Å². The molecule has 1 aliphatic heterocycles. The molecule has 1 aromatic rings. The Kier molecular flexibility index (Phi) is 6.14. The summed E-state index contributed by atoms with van der Waals surface area (Å²) in [6.07, 6.45) is 1.44. The molecule has 0 aliphatic carbocycles. The second-order valence-electron chi connectivity index (χ2n) is 6.60. The molecule has 1 aliphatic rings.